The van der Waals surface area contributed by atoms with Gasteiger partial charge in [0.1, 0.15) is 5.65 Å². The largest absolute Gasteiger partial charge is 0.307 e. The highest BCUT2D eigenvalue weighted by Crippen LogP contribution is 2.30. The molecule has 98 valence electrons. The number of aromatic nitrogens is 4. The number of hydrogen-bond acceptors (Lipinski definition) is 6. The second-order valence-electron chi connectivity index (χ2n) is 3.75. The second kappa shape index (κ2) is 5.94. The van der Waals surface area contributed by atoms with E-state index in [1.165, 1.54) is 0 Å². The predicted molar refractivity (Wildman–Crippen MR) is 81.1 cm³/mol. The molecule has 3 rings (SSSR count). The zero-order chi connectivity index (χ0) is 13.1. The van der Waals surface area contributed by atoms with E-state index in [9.17, 15) is 0 Å². The minimum Gasteiger partial charge on any atom is -0.307 e. The van der Waals surface area contributed by atoms with E-state index in [1.54, 1.807) is 34.9 Å². The van der Waals surface area contributed by atoms with Crippen LogP contribution in [0.5, 0.6) is 0 Å². The van der Waals surface area contributed by atoms with Gasteiger partial charge < -0.3 is 4.40 Å². The summed E-state index contributed by atoms with van der Waals surface area (Å²) in [5.74, 6) is 1.86. The molecule has 0 aromatic carbocycles. The first-order valence-electron chi connectivity index (χ1n) is 5.87. The van der Waals surface area contributed by atoms with Crippen molar-refractivity contribution in [2.45, 2.75) is 21.4 Å². The molecule has 0 bridgehead atoms. The third kappa shape index (κ3) is 3.10. The maximum atomic E-state index is 4.56. The average molecular weight is 308 g/mol. The monoisotopic (exact) mass is 308 g/mol. The van der Waals surface area contributed by atoms with Crippen molar-refractivity contribution < 1.29 is 0 Å². The van der Waals surface area contributed by atoms with Gasteiger partial charge >= 0.3 is 0 Å². The molecule has 0 aliphatic rings. The van der Waals surface area contributed by atoms with Gasteiger partial charge in [0.2, 0.25) is 0 Å². The van der Waals surface area contributed by atoms with Crippen molar-refractivity contribution in [3.05, 3.63) is 36.3 Å². The Balaban J connectivity index is 1.67. The van der Waals surface area contributed by atoms with Crippen LogP contribution in [0.15, 0.2) is 39.3 Å². The summed E-state index contributed by atoms with van der Waals surface area (Å²) < 4.78 is 4.09. The third-order valence-electron chi connectivity index (χ3n) is 2.41. The lowest BCUT2D eigenvalue weighted by atomic mass is 10.5. The summed E-state index contributed by atoms with van der Waals surface area (Å²) in [7, 11) is 0. The van der Waals surface area contributed by atoms with Gasteiger partial charge in [-0.2, -0.15) is 0 Å². The highest BCUT2D eigenvalue weighted by Gasteiger charge is 2.07. The van der Waals surface area contributed by atoms with Crippen LogP contribution in [0.1, 0.15) is 12.6 Å². The van der Waals surface area contributed by atoms with Gasteiger partial charge in [-0.1, -0.05) is 47.9 Å². The molecule has 0 N–H and O–H groups in total. The Kier molecular flexibility index (Phi) is 4.05. The minimum absolute atomic E-state index is 0.826. The smallest absolute Gasteiger partial charge is 0.175 e. The molecule has 0 saturated heterocycles. The van der Waals surface area contributed by atoms with Crippen molar-refractivity contribution >= 4 is 40.5 Å². The number of hydrogen-bond donors (Lipinski definition) is 0. The quantitative estimate of drug-likeness (QED) is 0.674. The molecule has 3 aromatic rings. The zero-order valence-corrected chi connectivity index (χ0v) is 12.8. The molecular formula is C12H12N4S3. The van der Waals surface area contributed by atoms with Crippen molar-refractivity contribution in [1.82, 2.24) is 19.6 Å². The fourth-order valence-corrected chi connectivity index (χ4v) is 4.43. The number of imidazole rings is 1. The van der Waals surface area contributed by atoms with Gasteiger partial charge in [0, 0.05) is 18.1 Å². The van der Waals surface area contributed by atoms with Crippen molar-refractivity contribution in [3.63, 3.8) is 0 Å². The van der Waals surface area contributed by atoms with Gasteiger partial charge in [-0.15, -0.1) is 10.2 Å². The van der Waals surface area contributed by atoms with Gasteiger partial charge in [0.25, 0.3) is 0 Å². The molecule has 19 heavy (non-hydrogen) atoms. The molecule has 0 radical (unpaired) electrons. The summed E-state index contributed by atoms with van der Waals surface area (Å²) in [5, 5.41) is 8.33. The number of fused-ring (bicyclic) bond motifs is 1. The van der Waals surface area contributed by atoms with Crippen LogP contribution in [0, 0.1) is 0 Å². The number of thioether (sulfide) groups is 2. The Bertz CT molecular complexity index is 643. The highest BCUT2D eigenvalue weighted by molar-refractivity contribution is 8.02. The number of rotatable bonds is 5. The van der Waals surface area contributed by atoms with E-state index in [0.29, 0.717) is 0 Å². The maximum Gasteiger partial charge on any atom is 0.175 e. The summed E-state index contributed by atoms with van der Waals surface area (Å²) in [4.78, 5) is 4.56. The fraction of sp³-hybridized carbons (Fsp3) is 0.250. The van der Waals surface area contributed by atoms with Gasteiger partial charge in [0.15, 0.2) is 8.68 Å². The molecule has 0 atom stereocenters. The van der Waals surface area contributed by atoms with Gasteiger partial charge in [-0.05, 0) is 17.9 Å². The van der Waals surface area contributed by atoms with Crippen LogP contribution in [0.25, 0.3) is 5.65 Å². The maximum absolute atomic E-state index is 4.56. The van der Waals surface area contributed by atoms with E-state index >= 15 is 0 Å². The van der Waals surface area contributed by atoms with Crippen LogP contribution in [0.2, 0.25) is 0 Å². The molecule has 0 aliphatic carbocycles. The highest BCUT2D eigenvalue weighted by atomic mass is 32.2. The van der Waals surface area contributed by atoms with Gasteiger partial charge in [-0.3, -0.25) is 0 Å². The molecule has 0 fully saturated rings. The average Bonchev–Trinajstić information content (AvgIpc) is 3.02. The van der Waals surface area contributed by atoms with Crippen LogP contribution >= 0.6 is 34.9 Å². The van der Waals surface area contributed by atoms with Crippen LogP contribution < -0.4 is 0 Å². The van der Waals surface area contributed by atoms with E-state index in [2.05, 4.69) is 28.3 Å². The third-order valence-corrected chi connectivity index (χ3v) is 5.52. The summed E-state index contributed by atoms with van der Waals surface area (Å²) in [6.45, 7) is 2.12. The van der Waals surface area contributed by atoms with E-state index in [1.807, 2.05) is 28.8 Å². The van der Waals surface area contributed by atoms with Crippen LogP contribution in [0.4, 0.5) is 0 Å². The SMILES string of the molecule is CCSc1nnc(SCc2cn3ccccc3n2)s1. The van der Waals surface area contributed by atoms with E-state index in [-0.39, 0.29) is 0 Å². The van der Waals surface area contributed by atoms with Crippen molar-refractivity contribution in [1.29, 1.82) is 0 Å². The molecule has 3 aromatic heterocycles. The molecule has 0 aliphatic heterocycles. The van der Waals surface area contributed by atoms with Crippen molar-refractivity contribution in [2.75, 3.05) is 5.75 Å². The summed E-state index contributed by atoms with van der Waals surface area (Å²) >= 11 is 5.08. The van der Waals surface area contributed by atoms with Crippen LogP contribution in [-0.4, -0.2) is 25.3 Å². The first-order chi connectivity index (χ1) is 9.35. The molecule has 0 amide bonds. The Morgan fingerprint density at radius 3 is 2.84 bits per heavy atom. The van der Waals surface area contributed by atoms with E-state index in [0.717, 1.165) is 31.5 Å². The lowest BCUT2D eigenvalue weighted by Gasteiger charge is -1.91. The molecular weight excluding hydrogens is 296 g/mol. The molecule has 0 unspecified atom stereocenters. The number of pyridine rings is 1. The molecule has 0 spiro atoms. The Morgan fingerprint density at radius 1 is 1.21 bits per heavy atom. The summed E-state index contributed by atoms with van der Waals surface area (Å²) in [6, 6.07) is 6.01. The summed E-state index contributed by atoms with van der Waals surface area (Å²) in [6.07, 6.45) is 4.07. The van der Waals surface area contributed by atoms with Crippen LogP contribution in [0.3, 0.4) is 0 Å². The minimum atomic E-state index is 0.826. The normalized spacial score (nSPS) is 11.2. The molecule has 0 saturated carbocycles. The van der Waals surface area contributed by atoms with Crippen molar-refractivity contribution in [3.8, 4) is 0 Å². The molecule has 3 heterocycles. The second-order valence-corrected chi connectivity index (χ2v) is 7.47. The first-order valence-corrected chi connectivity index (χ1v) is 8.65. The number of nitrogens with zero attached hydrogens (tertiary/aromatic N) is 4. The Hall–Kier alpha value is -1.05. The van der Waals surface area contributed by atoms with E-state index in [4.69, 9.17) is 0 Å². The molecule has 4 nitrogen and oxygen atoms in total. The standard InChI is InChI=1S/C12H12N4S3/c1-2-17-11-14-15-12(19-11)18-8-9-7-16-6-4-3-5-10(16)13-9/h3-7H,2,8H2,1H3. The Labute approximate surface area is 123 Å². The topological polar surface area (TPSA) is 43.1 Å². The van der Waals surface area contributed by atoms with Gasteiger partial charge in [0.05, 0.1) is 5.69 Å². The van der Waals surface area contributed by atoms with Crippen LogP contribution in [-0.2, 0) is 5.75 Å². The molecule has 7 heteroatoms. The lowest BCUT2D eigenvalue weighted by Crippen LogP contribution is -1.79. The first kappa shape index (κ1) is 13.0. The Morgan fingerprint density at radius 2 is 2.05 bits per heavy atom. The zero-order valence-electron chi connectivity index (χ0n) is 10.3. The van der Waals surface area contributed by atoms with E-state index < -0.39 is 0 Å². The fourth-order valence-electron chi connectivity index (χ4n) is 1.63. The summed E-state index contributed by atoms with van der Waals surface area (Å²) in [5.41, 5.74) is 2.05. The lowest BCUT2D eigenvalue weighted by molar-refractivity contribution is 0.954. The van der Waals surface area contributed by atoms with Gasteiger partial charge in [-0.25, -0.2) is 4.98 Å². The predicted octanol–water partition coefficient (Wildman–Crippen LogP) is 3.59. The van der Waals surface area contributed by atoms with Crippen molar-refractivity contribution in [2.24, 2.45) is 0 Å².